The number of nitrogens with zero attached hydrogens (tertiary/aromatic N) is 1. The first kappa shape index (κ1) is 14.4. The summed E-state index contributed by atoms with van der Waals surface area (Å²) in [6, 6.07) is 8.67. The lowest BCUT2D eigenvalue weighted by molar-refractivity contribution is 0.160. The van der Waals surface area contributed by atoms with Crippen LogP contribution in [-0.4, -0.2) is 32.6 Å². The maximum Gasteiger partial charge on any atom is 0.119 e. The molecule has 1 aliphatic rings. The minimum Gasteiger partial charge on any atom is -0.497 e. The van der Waals surface area contributed by atoms with E-state index in [1.165, 1.54) is 37.8 Å². The van der Waals surface area contributed by atoms with Gasteiger partial charge in [-0.2, -0.15) is 0 Å². The van der Waals surface area contributed by atoms with Crippen LogP contribution in [0.3, 0.4) is 0 Å². The summed E-state index contributed by atoms with van der Waals surface area (Å²) in [5, 5.41) is 0. The van der Waals surface area contributed by atoms with Crippen LogP contribution in [0.2, 0.25) is 0 Å². The molecular formula is C17H27NO. The third-order valence-corrected chi connectivity index (χ3v) is 4.71. The maximum absolute atomic E-state index is 5.40. The van der Waals surface area contributed by atoms with E-state index in [2.05, 4.69) is 44.1 Å². The molecule has 2 nitrogen and oxygen atoms in total. The summed E-state index contributed by atoms with van der Waals surface area (Å²) < 4.78 is 5.40. The predicted molar refractivity (Wildman–Crippen MR) is 80.9 cm³/mol. The van der Waals surface area contributed by atoms with Crippen molar-refractivity contribution in [2.45, 2.75) is 38.0 Å². The Balaban J connectivity index is 2.30. The Morgan fingerprint density at radius 2 is 2.11 bits per heavy atom. The Morgan fingerprint density at radius 3 is 2.79 bits per heavy atom. The van der Waals surface area contributed by atoms with Crippen LogP contribution in [-0.2, 0) is 5.41 Å². The van der Waals surface area contributed by atoms with Gasteiger partial charge in [0.15, 0.2) is 0 Å². The van der Waals surface area contributed by atoms with Gasteiger partial charge in [-0.25, -0.2) is 0 Å². The molecule has 2 rings (SSSR count). The number of hydrogen-bond donors (Lipinski definition) is 0. The van der Waals surface area contributed by atoms with Crippen molar-refractivity contribution in [2.24, 2.45) is 5.92 Å². The summed E-state index contributed by atoms with van der Waals surface area (Å²) in [7, 11) is 6.11. The second-order valence-corrected chi connectivity index (χ2v) is 6.35. The number of benzene rings is 1. The van der Waals surface area contributed by atoms with E-state index in [0.717, 1.165) is 11.7 Å². The standard InChI is InChI=1S/C17H27NO/c1-17(14-9-7-10-16(12-14)19-4)11-6-5-8-15(17)13-18(2)3/h7,9-10,12,15H,5-6,8,11,13H2,1-4H3/t15-,17?/m0/s1. The van der Waals surface area contributed by atoms with Crippen LogP contribution in [0, 0.1) is 5.92 Å². The van der Waals surface area contributed by atoms with Crippen LogP contribution in [0.4, 0.5) is 0 Å². The van der Waals surface area contributed by atoms with Gasteiger partial charge in [0.25, 0.3) is 0 Å². The Bertz CT molecular complexity index is 415. The zero-order chi connectivity index (χ0) is 13.9. The lowest BCUT2D eigenvalue weighted by atomic mass is 9.63. The Hall–Kier alpha value is -1.02. The second-order valence-electron chi connectivity index (χ2n) is 6.35. The van der Waals surface area contributed by atoms with Crippen LogP contribution in [0.15, 0.2) is 24.3 Å². The van der Waals surface area contributed by atoms with E-state index in [4.69, 9.17) is 4.74 Å². The maximum atomic E-state index is 5.40. The van der Waals surface area contributed by atoms with Crippen molar-refractivity contribution in [3.63, 3.8) is 0 Å². The first-order valence-corrected chi connectivity index (χ1v) is 7.35. The quantitative estimate of drug-likeness (QED) is 0.819. The molecule has 2 heteroatoms. The summed E-state index contributed by atoms with van der Waals surface area (Å²) in [5.74, 6) is 1.72. The van der Waals surface area contributed by atoms with Crippen molar-refractivity contribution >= 4 is 0 Å². The van der Waals surface area contributed by atoms with Gasteiger partial charge in [-0.15, -0.1) is 0 Å². The van der Waals surface area contributed by atoms with Crippen molar-refractivity contribution in [2.75, 3.05) is 27.7 Å². The fraction of sp³-hybridized carbons (Fsp3) is 0.647. The van der Waals surface area contributed by atoms with Gasteiger partial charge in [0.2, 0.25) is 0 Å². The molecule has 0 heterocycles. The van der Waals surface area contributed by atoms with Crippen LogP contribution in [0.1, 0.15) is 38.2 Å². The third-order valence-electron chi connectivity index (χ3n) is 4.71. The molecule has 1 unspecified atom stereocenters. The molecule has 0 N–H and O–H groups in total. The molecule has 0 amide bonds. The summed E-state index contributed by atoms with van der Waals surface area (Å²) in [6.45, 7) is 3.61. The SMILES string of the molecule is COc1cccc(C2(C)CCCC[C@H]2CN(C)C)c1. The molecule has 0 aliphatic heterocycles. The number of hydrogen-bond acceptors (Lipinski definition) is 2. The van der Waals surface area contributed by atoms with E-state index in [1.807, 2.05) is 6.07 Å². The Morgan fingerprint density at radius 1 is 1.32 bits per heavy atom. The molecule has 0 saturated heterocycles. The van der Waals surface area contributed by atoms with Gasteiger partial charge >= 0.3 is 0 Å². The smallest absolute Gasteiger partial charge is 0.119 e. The van der Waals surface area contributed by atoms with E-state index in [1.54, 1.807) is 7.11 Å². The van der Waals surface area contributed by atoms with Crippen molar-refractivity contribution < 1.29 is 4.74 Å². The summed E-state index contributed by atoms with van der Waals surface area (Å²) in [4.78, 5) is 2.33. The Labute approximate surface area is 117 Å². The lowest BCUT2D eigenvalue weighted by Crippen LogP contribution is -2.40. The van der Waals surface area contributed by atoms with E-state index in [-0.39, 0.29) is 5.41 Å². The molecular weight excluding hydrogens is 234 g/mol. The summed E-state index contributed by atoms with van der Waals surface area (Å²) >= 11 is 0. The minimum absolute atomic E-state index is 0.289. The molecule has 1 aliphatic carbocycles. The van der Waals surface area contributed by atoms with Gasteiger partial charge in [0.1, 0.15) is 5.75 Å². The molecule has 1 saturated carbocycles. The summed E-state index contributed by atoms with van der Waals surface area (Å²) in [6.07, 6.45) is 5.35. The van der Waals surface area contributed by atoms with E-state index >= 15 is 0 Å². The first-order valence-electron chi connectivity index (χ1n) is 7.35. The lowest BCUT2D eigenvalue weighted by Gasteiger charge is -2.43. The zero-order valence-corrected chi connectivity index (χ0v) is 12.8. The van der Waals surface area contributed by atoms with E-state index in [9.17, 15) is 0 Å². The van der Waals surface area contributed by atoms with Crippen molar-refractivity contribution in [1.82, 2.24) is 4.90 Å². The molecule has 1 aromatic carbocycles. The number of methoxy groups -OCH3 is 1. The van der Waals surface area contributed by atoms with Gasteiger partial charge in [-0.1, -0.05) is 31.9 Å². The average Bonchev–Trinajstić information content (AvgIpc) is 2.41. The monoisotopic (exact) mass is 261 g/mol. The number of rotatable bonds is 4. The topological polar surface area (TPSA) is 12.5 Å². The Kier molecular flexibility index (Phi) is 4.51. The molecule has 19 heavy (non-hydrogen) atoms. The van der Waals surface area contributed by atoms with Gasteiger partial charge in [0, 0.05) is 6.54 Å². The van der Waals surface area contributed by atoms with Crippen LogP contribution in [0.5, 0.6) is 5.75 Å². The van der Waals surface area contributed by atoms with Crippen LogP contribution in [0.25, 0.3) is 0 Å². The second kappa shape index (κ2) is 5.96. The van der Waals surface area contributed by atoms with E-state index in [0.29, 0.717) is 0 Å². The van der Waals surface area contributed by atoms with Crippen molar-refractivity contribution in [1.29, 1.82) is 0 Å². The normalized spacial score (nSPS) is 27.5. The first-order chi connectivity index (χ1) is 9.06. The van der Waals surface area contributed by atoms with Crippen LogP contribution < -0.4 is 4.74 Å². The molecule has 0 bridgehead atoms. The molecule has 0 aromatic heterocycles. The highest BCUT2D eigenvalue weighted by atomic mass is 16.5. The molecule has 2 atom stereocenters. The average molecular weight is 261 g/mol. The fourth-order valence-electron chi connectivity index (χ4n) is 3.50. The molecule has 0 radical (unpaired) electrons. The van der Waals surface area contributed by atoms with Gasteiger partial charge in [0.05, 0.1) is 7.11 Å². The zero-order valence-electron chi connectivity index (χ0n) is 12.8. The van der Waals surface area contributed by atoms with Crippen molar-refractivity contribution in [3.8, 4) is 5.75 Å². The highest BCUT2D eigenvalue weighted by Gasteiger charge is 2.38. The van der Waals surface area contributed by atoms with Gasteiger partial charge < -0.3 is 9.64 Å². The highest BCUT2D eigenvalue weighted by Crippen LogP contribution is 2.44. The highest BCUT2D eigenvalue weighted by molar-refractivity contribution is 5.34. The minimum atomic E-state index is 0.289. The molecule has 1 aromatic rings. The largest absolute Gasteiger partial charge is 0.497 e. The summed E-state index contributed by atoms with van der Waals surface area (Å²) in [5.41, 5.74) is 1.73. The fourth-order valence-corrected chi connectivity index (χ4v) is 3.50. The van der Waals surface area contributed by atoms with Gasteiger partial charge in [-0.05, 0) is 56.0 Å². The van der Waals surface area contributed by atoms with Gasteiger partial charge in [-0.3, -0.25) is 0 Å². The van der Waals surface area contributed by atoms with Crippen molar-refractivity contribution in [3.05, 3.63) is 29.8 Å². The molecule has 0 spiro atoms. The third kappa shape index (κ3) is 3.11. The van der Waals surface area contributed by atoms with E-state index < -0.39 is 0 Å². The van der Waals surface area contributed by atoms with Crippen LogP contribution >= 0.6 is 0 Å². The molecule has 1 fully saturated rings. The number of ether oxygens (including phenoxy) is 1. The molecule has 106 valence electrons. The predicted octanol–water partition coefficient (Wildman–Crippen LogP) is 3.70.